The zero-order chi connectivity index (χ0) is 24.4. The number of unbranched alkanes of at least 4 members (excludes halogenated alkanes) is 3. The molecule has 6 rings (SSSR count). The van der Waals surface area contributed by atoms with Gasteiger partial charge in [0.2, 0.25) is 0 Å². The first-order chi connectivity index (χ1) is 16.9. The van der Waals surface area contributed by atoms with Gasteiger partial charge < -0.3 is 10.2 Å². The highest BCUT2D eigenvalue weighted by atomic mass is 16.9. The van der Waals surface area contributed by atoms with Gasteiger partial charge in [0.15, 0.2) is 5.69 Å². The molecule has 1 heterocycles. The number of amides is 1. The van der Waals surface area contributed by atoms with E-state index in [4.69, 9.17) is 5.10 Å². The van der Waals surface area contributed by atoms with Crippen molar-refractivity contribution in [3.63, 3.8) is 0 Å². The summed E-state index contributed by atoms with van der Waals surface area (Å²) in [4.78, 5) is 28.3. The normalized spacial score (nSPS) is 26.6. The number of hydrogen-bond donors (Lipinski definition) is 1. The molecule has 0 spiro atoms. The summed E-state index contributed by atoms with van der Waals surface area (Å²) in [6, 6.07) is 10.1. The molecule has 4 aliphatic carbocycles. The van der Waals surface area contributed by atoms with E-state index < -0.39 is 5.09 Å². The molecule has 4 aliphatic rings. The fourth-order valence-corrected chi connectivity index (χ4v) is 7.31. The fraction of sp³-hybridized carbons (Fsp3) is 0.630. The third-order valence-electron chi connectivity index (χ3n) is 8.33. The molecule has 0 aliphatic heterocycles. The molecule has 4 bridgehead atoms. The Balaban J connectivity index is 1.29. The van der Waals surface area contributed by atoms with Gasteiger partial charge in [-0.2, -0.15) is 5.10 Å². The van der Waals surface area contributed by atoms with Crippen molar-refractivity contribution in [3.05, 3.63) is 51.7 Å². The smallest absolute Gasteiger partial charge is 0.294 e. The van der Waals surface area contributed by atoms with Crippen LogP contribution in [0.15, 0.2) is 30.3 Å². The second kappa shape index (κ2) is 9.99. The van der Waals surface area contributed by atoms with E-state index in [0.29, 0.717) is 18.7 Å². The Kier molecular flexibility index (Phi) is 6.80. The third kappa shape index (κ3) is 5.21. The number of hydrogen-bond acceptors (Lipinski definition) is 5. The predicted molar refractivity (Wildman–Crippen MR) is 132 cm³/mol. The van der Waals surface area contributed by atoms with E-state index in [1.165, 1.54) is 19.3 Å². The summed E-state index contributed by atoms with van der Waals surface area (Å²) in [7, 11) is 0. The summed E-state index contributed by atoms with van der Waals surface area (Å²) >= 11 is 0. The van der Waals surface area contributed by atoms with Crippen molar-refractivity contribution in [2.45, 2.75) is 83.2 Å². The van der Waals surface area contributed by atoms with Gasteiger partial charge in [-0.3, -0.25) is 9.48 Å². The second-order valence-corrected chi connectivity index (χ2v) is 11.0. The fourth-order valence-electron chi connectivity index (χ4n) is 7.31. The number of carbonyl (C=O) groups is 1. The van der Waals surface area contributed by atoms with Crippen LogP contribution >= 0.6 is 0 Å². The van der Waals surface area contributed by atoms with Crippen molar-refractivity contribution in [1.82, 2.24) is 15.1 Å². The number of carbonyl (C=O) groups excluding carboxylic acids is 1. The molecule has 8 heteroatoms. The number of nitrogens with zero attached hydrogens (tertiary/aromatic N) is 3. The van der Waals surface area contributed by atoms with Gasteiger partial charge in [-0.1, -0.05) is 43.2 Å². The van der Waals surface area contributed by atoms with E-state index in [1.807, 2.05) is 29.8 Å². The Labute approximate surface area is 206 Å². The standard InChI is InChI=1S/C27H36N4O4/c1-19-24(26(32)28-27-16-20-13-21(17-27)15-22(14-20)18-27)29-30(25(19)23-9-5-4-6-10-23)11-7-2-3-8-12-35-31(33)34/h4-6,9-10,20-22H,2-3,7-8,11-18H2,1H3,(H,28,32). The summed E-state index contributed by atoms with van der Waals surface area (Å²) < 4.78 is 1.98. The van der Waals surface area contributed by atoms with Crippen LogP contribution in [0.4, 0.5) is 0 Å². The Bertz CT molecular complexity index is 1030. The molecule has 4 fully saturated rings. The molecule has 8 nitrogen and oxygen atoms in total. The van der Waals surface area contributed by atoms with Gasteiger partial charge in [0.05, 0.1) is 12.3 Å². The molecule has 4 saturated carbocycles. The van der Waals surface area contributed by atoms with Crippen LogP contribution in [0.5, 0.6) is 0 Å². The van der Waals surface area contributed by atoms with E-state index in [1.54, 1.807) is 0 Å². The van der Waals surface area contributed by atoms with E-state index >= 15 is 0 Å². The van der Waals surface area contributed by atoms with E-state index in [0.717, 1.165) is 73.1 Å². The summed E-state index contributed by atoms with van der Waals surface area (Å²) in [6.45, 7) is 2.85. The third-order valence-corrected chi connectivity index (χ3v) is 8.33. The van der Waals surface area contributed by atoms with Crippen molar-refractivity contribution in [2.24, 2.45) is 17.8 Å². The molecule has 0 radical (unpaired) electrons. The Morgan fingerprint density at radius 1 is 1.09 bits per heavy atom. The van der Waals surface area contributed by atoms with Gasteiger partial charge in [-0.25, -0.2) is 0 Å². The SMILES string of the molecule is Cc1c(C(=O)NC23CC4CC(CC(C4)C2)C3)nn(CCCCCCO[N+](=O)[O-])c1-c1ccccc1. The van der Waals surface area contributed by atoms with Gasteiger partial charge in [-0.05, 0) is 76.0 Å². The van der Waals surface area contributed by atoms with E-state index in [2.05, 4.69) is 22.3 Å². The first-order valence-electron chi connectivity index (χ1n) is 13.1. The average molecular weight is 481 g/mol. The summed E-state index contributed by atoms with van der Waals surface area (Å²) in [6.07, 6.45) is 10.7. The van der Waals surface area contributed by atoms with Crippen LogP contribution < -0.4 is 5.32 Å². The highest BCUT2D eigenvalue weighted by molar-refractivity contribution is 5.96. The lowest BCUT2D eigenvalue weighted by Crippen LogP contribution is -2.59. The van der Waals surface area contributed by atoms with E-state index in [-0.39, 0.29) is 18.1 Å². The highest BCUT2D eigenvalue weighted by Gasteiger charge is 2.51. The zero-order valence-electron chi connectivity index (χ0n) is 20.6. The van der Waals surface area contributed by atoms with Gasteiger partial charge in [0.25, 0.3) is 11.0 Å². The van der Waals surface area contributed by atoms with Crippen LogP contribution in [0.25, 0.3) is 11.3 Å². The van der Waals surface area contributed by atoms with Crippen molar-refractivity contribution in [1.29, 1.82) is 0 Å². The molecular formula is C27H36N4O4. The quantitative estimate of drug-likeness (QED) is 0.266. The van der Waals surface area contributed by atoms with Crippen molar-refractivity contribution >= 4 is 5.91 Å². The molecule has 1 aromatic carbocycles. The summed E-state index contributed by atoms with van der Waals surface area (Å²) in [5.41, 5.74) is 3.49. The Hall–Kier alpha value is -2.90. The summed E-state index contributed by atoms with van der Waals surface area (Å²) in [5.74, 6) is 2.29. The number of nitrogens with one attached hydrogen (secondary N) is 1. The van der Waals surface area contributed by atoms with Crippen molar-refractivity contribution in [2.75, 3.05) is 6.61 Å². The predicted octanol–water partition coefficient (Wildman–Crippen LogP) is 5.33. The first-order valence-corrected chi connectivity index (χ1v) is 13.1. The molecule has 0 saturated heterocycles. The van der Waals surface area contributed by atoms with Gasteiger partial charge in [0, 0.05) is 23.2 Å². The van der Waals surface area contributed by atoms with Gasteiger partial charge in [0.1, 0.15) is 0 Å². The van der Waals surface area contributed by atoms with Crippen LogP contribution in [0.1, 0.15) is 80.3 Å². The molecule has 35 heavy (non-hydrogen) atoms. The minimum atomic E-state index is -0.741. The van der Waals surface area contributed by atoms with Crippen LogP contribution in [-0.4, -0.2) is 32.9 Å². The lowest BCUT2D eigenvalue weighted by atomic mass is 9.53. The largest absolute Gasteiger partial charge is 0.345 e. The lowest BCUT2D eigenvalue weighted by Gasteiger charge is -2.56. The number of aryl methyl sites for hydroxylation is 1. The molecular weight excluding hydrogens is 444 g/mol. The molecule has 0 atom stereocenters. The Morgan fingerprint density at radius 3 is 2.34 bits per heavy atom. The van der Waals surface area contributed by atoms with Gasteiger partial charge >= 0.3 is 0 Å². The average Bonchev–Trinajstić information content (AvgIpc) is 3.13. The van der Waals surface area contributed by atoms with Crippen LogP contribution in [0, 0.1) is 34.8 Å². The molecule has 1 N–H and O–H groups in total. The number of rotatable bonds is 11. The molecule has 0 unspecified atom stereocenters. The zero-order valence-corrected chi connectivity index (χ0v) is 20.6. The molecule has 1 amide bonds. The lowest BCUT2D eigenvalue weighted by molar-refractivity contribution is -0.757. The van der Waals surface area contributed by atoms with Gasteiger partial charge in [-0.15, -0.1) is 10.1 Å². The second-order valence-electron chi connectivity index (χ2n) is 11.0. The van der Waals surface area contributed by atoms with Crippen LogP contribution in [-0.2, 0) is 11.4 Å². The van der Waals surface area contributed by atoms with Crippen LogP contribution in [0.2, 0.25) is 0 Å². The maximum atomic E-state index is 13.6. The minimum Gasteiger partial charge on any atom is -0.345 e. The minimum absolute atomic E-state index is 0.0303. The maximum absolute atomic E-state index is 13.6. The molecule has 1 aromatic heterocycles. The van der Waals surface area contributed by atoms with Crippen LogP contribution in [0.3, 0.4) is 0 Å². The van der Waals surface area contributed by atoms with Crippen molar-refractivity contribution in [3.8, 4) is 11.3 Å². The topological polar surface area (TPSA) is 99.3 Å². The molecule has 2 aromatic rings. The number of aromatic nitrogens is 2. The Morgan fingerprint density at radius 2 is 1.71 bits per heavy atom. The first kappa shape index (κ1) is 23.8. The maximum Gasteiger partial charge on any atom is 0.294 e. The van der Waals surface area contributed by atoms with Crippen molar-refractivity contribution < 1.29 is 14.7 Å². The summed E-state index contributed by atoms with van der Waals surface area (Å²) in [5, 5.41) is 17.9. The highest BCUT2D eigenvalue weighted by Crippen LogP contribution is 2.55. The van der Waals surface area contributed by atoms with E-state index in [9.17, 15) is 14.9 Å². The number of benzene rings is 1. The molecule has 188 valence electrons. The monoisotopic (exact) mass is 480 g/mol.